The summed E-state index contributed by atoms with van der Waals surface area (Å²) in [4.78, 5) is 2.70. The van der Waals surface area contributed by atoms with Crippen molar-refractivity contribution in [3.8, 4) is 5.75 Å². The first-order valence-electron chi connectivity index (χ1n) is 10.8. The second-order valence-corrected chi connectivity index (χ2v) is 10.1. The molecular weight excluding hydrogens is 467 g/mol. The van der Waals surface area contributed by atoms with Gasteiger partial charge in [0.05, 0.1) is 11.5 Å². The maximum Gasteiger partial charge on any atom is 0.243 e. The van der Waals surface area contributed by atoms with Gasteiger partial charge in [-0.25, -0.2) is 8.42 Å². The van der Waals surface area contributed by atoms with Crippen molar-refractivity contribution in [2.45, 2.75) is 37.1 Å². The van der Waals surface area contributed by atoms with Crippen molar-refractivity contribution in [3.63, 3.8) is 0 Å². The van der Waals surface area contributed by atoms with E-state index >= 15 is 0 Å². The fraction of sp³-hybridized carbons (Fsp3) is 0.417. The molecular formula is C24H32Cl2N2O3S. The van der Waals surface area contributed by atoms with E-state index in [0.29, 0.717) is 11.6 Å². The standard InChI is InChI=1S/C24H31ClN2O3S.ClH/c1-2-15-27(31(28,29)23-13-11-22(25)12-14-23)20-21-9-4-5-10-24(21)30-19-8-18-26-16-6-3-7-17-26;/h2,4-5,9-14H,1,3,6-8,15-20H2;1H. The van der Waals surface area contributed by atoms with Gasteiger partial charge in [0.15, 0.2) is 0 Å². The zero-order valence-corrected chi connectivity index (χ0v) is 20.7. The lowest BCUT2D eigenvalue weighted by molar-refractivity contribution is 0.204. The third kappa shape index (κ3) is 7.49. The van der Waals surface area contributed by atoms with E-state index in [4.69, 9.17) is 16.3 Å². The van der Waals surface area contributed by atoms with Crippen molar-refractivity contribution in [1.29, 1.82) is 0 Å². The van der Waals surface area contributed by atoms with Crippen LogP contribution in [0.4, 0.5) is 0 Å². The summed E-state index contributed by atoms with van der Waals surface area (Å²) in [6.45, 7) is 8.14. The summed E-state index contributed by atoms with van der Waals surface area (Å²) in [5, 5.41) is 0.498. The number of halogens is 2. The van der Waals surface area contributed by atoms with Crippen molar-refractivity contribution in [1.82, 2.24) is 9.21 Å². The molecule has 1 heterocycles. The van der Waals surface area contributed by atoms with Gasteiger partial charge in [-0.05, 0) is 62.7 Å². The van der Waals surface area contributed by atoms with E-state index in [1.54, 1.807) is 18.2 Å². The molecule has 0 radical (unpaired) electrons. The van der Waals surface area contributed by atoms with Crippen LogP contribution in [-0.2, 0) is 16.6 Å². The molecule has 1 saturated heterocycles. The van der Waals surface area contributed by atoms with E-state index in [2.05, 4.69) is 11.5 Å². The van der Waals surface area contributed by atoms with Gasteiger partial charge < -0.3 is 9.64 Å². The monoisotopic (exact) mass is 498 g/mol. The van der Waals surface area contributed by atoms with Gasteiger partial charge in [-0.3, -0.25) is 0 Å². The lowest BCUT2D eigenvalue weighted by atomic mass is 10.1. The minimum atomic E-state index is -3.69. The highest BCUT2D eigenvalue weighted by Crippen LogP contribution is 2.25. The Morgan fingerprint density at radius 2 is 1.75 bits per heavy atom. The number of hydrogen-bond acceptors (Lipinski definition) is 4. The smallest absolute Gasteiger partial charge is 0.243 e. The topological polar surface area (TPSA) is 49.9 Å². The Morgan fingerprint density at radius 1 is 1.06 bits per heavy atom. The fourth-order valence-electron chi connectivity index (χ4n) is 3.77. The maximum atomic E-state index is 13.2. The molecule has 0 amide bonds. The Morgan fingerprint density at radius 3 is 2.44 bits per heavy atom. The van der Waals surface area contributed by atoms with Crippen LogP contribution < -0.4 is 4.74 Å². The van der Waals surface area contributed by atoms with Crippen LogP contribution in [0, 0.1) is 0 Å². The molecule has 8 heteroatoms. The Labute approximate surface area is 203 Å². The molecule has 0 unspecified atom stereocenters. The quantitative estimate of drug-likeness (QED) is 0.307. The van der Waals surface area contributed by atoms with Crippen molar-refractivity contribution < 1.29 is 13.2 Å². The highest BCUT2D eigenvalue weighted by Gasteiger charge is 2.24. The first kappa shape index (κ1) is 26.7. The number of ether oxygens (including phenoxy) is 1. The van der Waals surface area contributed by atoms with Gasteiger partial charge in [0.1, 0.15) is 5.75 Å². The maximum absolute atomic E-state index is 13.2. The molecule has 1 aliphatic rings. The second kappa shape index (κ2) is 13.2. The van der Waals surface area contributed by atoms with Gasteiger partial charge in [-0.15, -0.1) is 19.0 Å². The van der Waals surface area contributed by atoms with Gasteiger partial charge >= 0.3 is 0 Å². The molecule has 1 fully saturated rings. The van der Waals surface area contributed by atoms with Crippen LogP contribution in [0.3, 0.4) is 0 Å². The van der Waals surface area contributed by atoms with E-state index in [1.165, 1.54) is 48.8 Å². The molecule has 0 saturated carbocycles. The molecule has 0 N–H and O–H groups in total. The van der Waals surface area contributed by atoms with Crippen LogP contribution in [0.25, 0.3) is 0 Å². The molecule has 176 valence electrons. The normalized spacial score (nSPS) is 14.7. The first-order valence-corrected chi connectivity index (χ1v) is 12.6. The molecule has 2 aromatic carbocycles. The third-order valence-corrected chi connectivity index (χ3v) is 7.51. The Bertz CT molecular complexity index is 946. The van der Waals surface area contributed by atoms with E-state index in [-0.39, 0.29) is 30.4 Å². The largest absolute Gasteiger partial charge is 0.493 e. The van der Waals surface area contributed by atoms with Crippen molar-refractivity contribution in [2.24, 2.45) is 0 Å². The average molecular weight is 500 g/mol. The van der Waals surface area contributed by atoms with Crippen LogP contribution in [-0.4, -0.2) is 50.4 Å². The minimum absolute atomic E-state index is 0. The van der Waals surface area contributed by atoms with Crippen molar-refractivity contribution >= 4 is 34.0 Å². The zero-order chi connectivity index (χ0) is 22.1. The molecule has 0 spiro atoms. The third-order valence-electron chi connectivity index (χ3n) is 5.43. The molecule has 0 atom stereocenters. The summed E-state index contributed by atoms with van der Waals surface area (Å²) >= 11 is 5.92. The second-order valence-electron chi connectivity index (χ2n) is 7.75. The van der Waals surface area contributed by atoms with E-state index in [1.807, 2.05) is 24.3 Å². The Hall–Kier alpha value is -1.57. The summed E-state index contributed by atoms with van der Waals surface area (Å²) < 4.78 is 33.8. The van der Waals surface area contributed by atoms with Gasteiger partial charge in [0.25, 0.3) is 0 Å². The molecule has 0 bridgehead atoms. The van der Waals surface area contributed by atoms with Crippen LogP contribution in [0.2, 0.25) is 5.02 Å². The number of piperidine rings is 1. The van der Waals surface area contributed by atoms with E-state index in [9.17, 15) is 8.42 Å². The average Bonchev–Trinajstić information content (AvgIpc) is 2.78. The molecule has 32 heavy (non-hydrogen) atoms. The predicted molar refractivity (Wildman–Crippen MR) is 133 cm³/mol. The fourth-order valence-corrected chi connectivity index (χ4v) is 5.28. The summed E-state index contributed by atoms with van der Waals surface area (Å²) in [6.07, 6.45) is 6.44. The van der Waals surface area contributed by atoms with Crippen LogP contribution in [0.1, 0.15) is 31.2 Å². The molecule has 0 aliphatic carbocycles. The lowest BCUT2D eigenvalue weighted by Gasteiger charge is -2.26. The van der Waals surface area contributed by atoms with Crippen molar-refractivity contribution in [2.75, 3.05) is 32.8 Å². The molecule has 1 aliphatic heterocycles. The van der Waals surface area contributed by atoms with E-state index < -0.39 is 10.0 Å². The summed E-state index contributed by atoms with van der Waals surface area (Å²) in [6, 6.07) is 13.8. The number of benzene rings is 2. The summed E-state index contributed by atoms with van der Waals surface area (Å²) in [7, 11) is -3.69. The van der Waals surface area contributed by atoms with Gasteiger partial charge in [0.2, 0.25) is 10.0 Å². The molecule has 2 aromatic rings. The minimum Gasteiger partial charge on any atom is -0.493 e. The van der Waals surface area contributed by atoms with Gasteiger partial charge in [-0.2, -0.15) is 4.31 Å². The number of likely N-dealkylation sites (tertiary alicyclic amines) is 1. The highest BCUT2D eigenvalue weighted by molar-refractivity contribution is 7.89. The van der Waals surface area contributed by atoms with Crippen LogP contribution in [0.15, 0.2) is 66.1 Å². The number of para-hydroxylation sites is 1. The summed E-state index contributed by atoms with van der Waals surface area (Å²) in [5.74, 6) is 0.724. The van der Waals surface area contributed by atoms with E-state index in [0.717, 1.165) is 24.3 Å². The summed E-state index contributed by atoms with van der Waals surface area (Å²) in [5.41, 5.74) is 0.833. The molecule has 3 rings (SSSR count). The van der Waals surface area contributed by atoms with Crippen LogP contribution in [0.5, 0.6) is 5.75 Å². The number of sulfonamides is 1. The van der Waals surface area contributed by atoms with Crippen molar-refractivity contribution in [3.05, 3.63) is 71.8 Å². The first-order chi connectivity index (χ1) is 15.0. The Kier molecular flexibility index (Phi) is 11.0. The predicted octanol–water partition coefficient (Wildman–Crippen LogP) is 5.39. The molecule has 0 aromatic heterocycles. The number of hydrogen-bond donors (Lipinski definition) is 0. The SMILES string of the molecule is C=CCN(Cc1ccccc1OCCCN1CCCCC1)S(=O)(=O)c1ccc(Cl)cc1.Cl. The molecule has 5 nitrogen and oxygen atoms in total. The van der Waals surface area contributed by atoms with Gasteiger partial charge in [0, 0.05) is 30.2 Å². The van der Waals surface area contributed by atoms with Gasteiger partial charge in [-0.1, -0.05) is 42.3 Å². The zero-order valence-electron chi connectivity index (χ0n) is 18.3. The van der Waals surface area contributed by atoms with Crippen LogP contribution >= 0.6 is 24.0 Å². The Balaban J connectivity index is 0.00000363. The number of rotatable bonds is 11. The highest BCUT2D eigenvalue weighted by atomic mass is 35.5. The lowest BCUT2D eigenvalue weighted by Crippen LogP contribution is -2.31. The number of nitrogens with zero attached hydrogens (tertiary/aromatic N) is 2.